The van der Waals surface area contributed by atoms with Gasteiger partial charge in [0.05, 0.1) is 31.4 Å². The Kier molecular flexibility index (Phi) is 4.79. The molecule has 0 radical (unpaired) electrons. The molecule has 1 N–H and O–H groups in total. The van der Waals surface area contributed by atoms with Crippen molar-refractivity contribution in [2.45, 2.75) is 38.0 Å². The van der Waals surface area contributed by atoms with E-state index in [-0.39, 0.29) is 17.2 Å². The Hall–Kier alpha value is -1.08. The maximum Gasteiger partial charge on any atom is 0.155 e. The predicted octanol–water partition coefficient (Wildman–Crippen LogP) is 2.09. The number of nitrogens with zero attached hydrogens (tertiary/aromatic N) is 2. The normalized spacial score (nSPS) is 33.3. The van der Waals surface area contributed by atoms with Crippen LogP contribution in [0.4, 0.5) is 0 Å². The molecular weight excluding hydrogens is 382 g/mol. The fourth-order valence-corrected chi connectivity index (χ4v) is 4.55. The van der Waals surface area contributed by atoms with Gasteiger partial charge in [-0.1, -0.05) is 18.2 Å². The van der Waals surface area contributed by atoms with Gasteiger partial charge in [-0.3, -0.25) is 4.79 Å². The molecule has 1 aromatic heterocycles. The number of carbonyl (C=O) groups is 1. The third kappa shape index (κ3) is 3.72. The number of ketones is 1. The molecule has 1 saturated carbocycles. The van der Waals surface area contributed by atoms with Gasteiger partial charge in [0, 0.05) is 24.5 Å². The van der Waals surface area contributed by atoms with Crippen LogP contribution in [0.15, 0.2) is 28.9 Å². The highest BCUT2D eigenvalue weighted by molar-refractivity contribution is 9.10. The number of pyridine rings is 1. The fraction of sp³-hybridized carbons (Fsp3) is 0.579. The number of rotatable bonds is 0. The minimum Gasteiger partial charge on any atom is -0.373 e. The maximum absolute atomic E-state index is 12.8. The van der Waals surface area contributed by atoms with Crippen molar-refractivity contribution in [2.75, 3.05) is 26.7 Å². The lowest BCUT2D eigenvalue weighted by Gasteiger charge is -2.21. The second kappa shape index (κ2) is 6.91. The molecule has 3 atom stereocenters. The van der Waals surface area contributed by atoms with Gasteiger partial charge in [-0.2, -0.15) is 0 Å². The van der Waals surface area contributed by atoms with E-state index >= 15 is 0 Å². The van der Waals surface area contributed by atoms with Gasteiger partial charge in [-0.25, -0.2) is 4.98 Å². The van der Waals surface area contributed by atoms with Crippen LogP contribution in [-0.4, -0.2) is 54.5 Å². The highest BCUT2D eigenvalue weighted by Crippen LogP contribution is 2.55. The zero-order chi connectivity index (χ0) is 17.4. The Labute approximate surface area is 157 Å². The molecule has 0 aromatic carbocycles. The molecule has 5 nitrogen and oxygen atoms in total. The topological polar surface area (TPSA) is 54.5 Å². The van der Waals surface area contributed by atoms with Gasteiger partial charge >= 0.3 is 0 Å². The standard InChI is InChI=1S/C19H24BrN3O2/c1-23-6-2-3-7-25-11-13-4-5-18(20)22-14(13)8-16(24)15-9-19(12-23)10-17(19)21-15/h2-5,15,17,21H,6-12H2,1H3/t15-,17+,19-/m0/s1. The van der Waals surface area contributed by atoms with Crippen LogP contribution in [0.5, 0.6) is 0 Å². The summed E-state index contributed by atoms with van der Waals surface area (Å²) >= 11 is 3.42. The summed E-state index contributed by atoms with van der Waals surface area (Å²) in [6.45, 7) is 3.02. The van der Waals surface area contributed by atoms with Gasteiger partial charge in [0.2, 0.25) is 0 Å². The summed E-state index contributed by atoms with van der Waals surface area (Å²) in [4.78, 5) is 19.7. The van der Waals surface area contributed by atoms with Crippen molar-refractivity contribution in [1.29, 1.82) is 0 Å². The number of likely N-dealkylation sites (N-methyl/N-ethyl adjacent to an activating group) is 1. The van der Waals surface area contributed by atoms with Crippen LogP contribution >= 0.6 is 15.9 Å². The SMILES string of the molecule is CN1CC=CCOCc2ccc(Br)nc2CC(=O)[C@@H]2C[C@]3(C[C@H]3N2)C1. The number of halogens is 1. The van der Waals surface area contributed by atoms with E-state index in [0.29, 0.717) is 25.7 Å². The van der Waals surface area contributed by atoms with Crippen LogP contribution in [0.2, 0.25) is 0 Å². The van der Waals surface area contributed by atoms with Gasteiger partial charge in [-0.05, 0) is 47.4 Å². The Balaban J connectivity index is 1.57. The summed E-state index contributed by atoms with van der Waals surface area (Å²) in [7, 11) is 2.15. The fourth-order valence-electron chi connectivity index (χ4n) is 4.20. The molecule has 134 valence electrons. The molecule has 3 aliphatic rings. The molecular formula is C19H24BrN3O2. The molecule has 25 heavy (non-hydrogen) atoms. The minimum atomic E-state index is -0.0395. The van der Waals surface area contributed by atoms with Crippen molar-refractivity contribution in [3.05, 3.63) is 40.1 Å². The highest BCUT2D eigenvalue weighted by atomic mass is 79.9. The quantitative estimate of drug-likeness (QED) is 0.528. The molecule has 0 amide bonds. The lowest BCUT2D eigenvalue weighted by molar-refractivity contribution is -0.120. The Morgan fingerprint density at radius 1 is 1.36 bits per heavy atom. The van der Waals surface area contributed by atoms with Crippen molar-refractivity contribution in [1.82, 2.24) is 15.2 Å². The van der Waals surface area contributed by atoms with E-state index < -0.39 is 0 Å². The molecule has 3 heterocycles. The van der Waals surface area contributed by atoms with Crippen LogP contribution in [0, 0.1) is 5.41 Å². The first-order valence-electron chi connectivity index (χ1n) is 8.90. The summed E-state index contributed by atoms with van der Waals surface area (Å²) < 4.78 is 6.51. The first kappa shape index (κ1) is 17.3. The maximum atomic E-state index is 12.8. The lowest BCUT2D eigenvalue weighted by Crippen LogP contribution is -2.35. The highest BCUT2D eigenvalue weighted by Gasteiger charge is 2.61. The largest absolute Gasteiger partial charge is 0.373 e. The number of ether oxygens (including phenoxy) is 1. The molecule has 1 saturated heterocycles. The van der Waals surface area contributed by atoms with E-state index in [2.05, 4.69) is 50.3 Å². The number of aromatic nitrogens is 1. The molecule has 2 fully saturated rings. The molecule has 4 rings (SSSR count). The lowest BCUT2D eigenvalue weighted by atomic mass is 9.94. The smallest absolute Gasteiger partial charge is 0.155 e. The van der Waals surface area contributed by atoms with Gasteiger partial charge in [0.1, 0.15) is 4.60 Å². The zero-order valence-corrected chi connectivity index (χ0v) is 16.1. The molecule has 1 aliphatic carbocycles. The Morgan fingerprint density at radius 3 is 3.12 bits per heavy atom. The van der Waals surface area contributed by atoms with Gasteiger partial charge in [0.15, 0.2) is 5.78 Å². The number of Topliss-reactive ketones (excluding diaryl/α,β-unsaturated/α-hetero) is 1. The van der Waals surface area contributed by atoms with E-state index in [4.69, 9.17) is 4.74 Å². The summed E-state index contributed by atoms with van der Waals surface area (Å²) in [5, 5.41) is 3.55. The van der Waals surface area contributed by atoms with E-state index in [9.17, 15) is 4.79 Å². The zero-order valence-electron chi connectivity index (χ0n) is 14.5. The molecule has 6 heteroatoms. The van der Waals surface area contributed by atoms with Crippen molar-refractivity contribution < 1.29 is 9.53 Å². The Morgan fingerprint density at radius 2 is 2.24 bits per heavy atom. The van der Waals surface area contributed by atoms with Crippen molar-refractivity contribution in [3.63, 3.8) is 0 Å². The van der Waals surface area contributed by atoms with Crippen LogP contribution in [0.1, 0.15) is 24.1 Å². The number of hydrogen-bond donors (Lipinski definition) is 1. The number of hydrogen-bond acceptors (Lipinski definition) is 5. The van der Waals surface area contributed by atoms with Gasteiger partial charge < -0.3 is 15.0 Å². The second-order valence-corrected chi connectivity index (χ2v) is 8.42. The first-order valence-corrected chi connectivity index (χ1v) is 9.69. The second-order valence-electron chi connectivity index (χ2n) is 7.61. The number of fused-ring (bicyclic) bond motifs is 2. The van der Waals surface area contributed by atoms with E-state index in [1.807, 2.05) is 12.1 Å². The summed E-state index contributed by atoms with van der Waals surface area (Å²) in [5.41, 5.74) is 2.11. The monoisotopic (exact) mass is 405 g/mol. The summed E-state index contributed by atoms with van der Waals surface area (Å²) in [6.07, 6.45) is 6.74. The molecule has 1 aromatic rings. The minimum absolute atomic E-state index is 0.0395. The first-order chi connectivity index (χ1) is 12.1. The van der Waals surface area contributed by atoms with Crippen LogP contribution in [-0.2, 0) is 22.6 Å². The summed E-state index contributed by atoms with van der Waals surface area (Å²) in [5.74, 6) is 0.245. The predicted molar refractivity (Wildman–Crippen MR) is 99.3 cm³/mol. The van der Waals surface area contributed by atoms with Crippen molar-refractivity contribution in [2.24, 2.45) is 5.41 Å². The summed E-state index contributed by atoms with van der Waals surface area (Å²) in [6, 6.07) is 4.36. The molecule has 2 aliphatic heterocycles. The van der Waals surface area contributed by atoms with Gasteiger partial charge in [0.25, 0.3) is 0 Å². The Bertz CT molecular complexity index is 708. The van der Waals surface area contributed by atoms with E-state index in [1.165, 1.54) is 6.42 Å². The third-order valence-corrected chi connectivity index (χ3v) is 6.05. The molecule has 1 spiro atoms. The number of nitrogens with one attached hydrogen (secondary N) is 1. The van der Waals surface area contributed by atoms with Crippen LogP contribution in [0.3, 0.4) is 0 Å². The van der Waals surface area contributed by atoms with E-state index in [1.54, 1.807) is 0 Å². The van der Waals surface area contributed by atoms with E-state index in [0.717, 1.165) is 35.4 Å². The average Bonchev–Trinajstić information content (AvgIpc) is 3.10. The van der Waals surface area contributed by atoms with Crippen LogP contribution < -0.4 is 5.32 Å². The average molecular weight is 406 g/mol. The third-order valence-electron chi connectivity index (χ3n) is 5.61. The number of carbonyl (C=O) groups excluding carboxylic acids is 1. The number of piperidine rings is 1. The molecule has 0 unspecified atom stereocenters. The van der Waals surface area contributed by atoms with Crippen LogP contribution in [0.25, 0.3) is 0 Å². The molecule has 2 bridgehead atoms. The van der Waals surface area contributed by atoms with Crippen molar-refractivity contribution >= 4 is 21.7 Å². The van der Waals surface area contributed by atoms with Gasteiger partial charge in [-0.15, -0.1) is 0 Å². The van der Waals surface area contributed by atoms with Crippen molar-refractivity contribution in [3.8, 4) is 0 Å².